The molecule has 2 N–H and O–H groups in total. The minimum atomic E-state index is -1.26. The highest BCUT2D eigenvalue weighted by molar-refractivity contribution is 5.89. The summed E-state index contributed by atoms with van der Waals surface area (Å²) in [7, 11) is 0. The first kappa shape index (κ1) is 21.6. The van der Waals surface area contributed by atoms with Crippen LogP contribution in [0, 0.1) is 0 Å². The van der Waals surface area contributed by atoms with Crippen molar-refractivity contribution in [2.45, 2.75) is 26.0 Å². The molecule has 1 fully saturated rings. The Labute approximate surface area is 174 Å². The van der Waals surface area contributed by atoms with Gasteiger partial charge in [-0.2, -0.15) is 0 Å². The zero-order chi connectivity index (χ0) is 21.7. The summed E-state index contributed by atoms with van der Waals surface area (Å²) in [5.41, 5.74) is 3.37. The van der Waals surface area contributed by atoms with Crippen molar-refractivity contribution >= 4 is 11.9 Å². The average molecular weight is 414 g/mol. The number of fused-ring (bicyclic) bond motifs is 3. The summed E-state index contributed by atoms with van der Waals surface area (Å²) in [6.45, 7) is 8.88. The van der Waals surface area contributed by atoms with Crippen molar-refractivity contribution in [1.29, 1.82) is 0 Å². The molecular formula is C22H26N2O6. The van der Waals surface area contributed by atoms with E-state index in [0.717, 1.165) is 44.3 Å². The molecule has 4 rings (SSSR count). The molecule has 1 aromatic carbocycles. The first-order chi connectivity index (χ1) is 14.3. The number of benzene rings is 1. The van der Waals surface area contributed by atoms with Crippen molar-refractivity contribution in [2.75, 3.05) is 26.3 Å². The second kappa shape index (κ2) is 9.15. The zero-order valence-corrected chi connectivity index (χ0v) is 17.1. The lowest BCUT2D eigenvalue weighted by Crippen LogP contribution is -2.37. The van der Waals surface area contributed by atoms with Crippen LogP contribution in [0.15, 0.2) is 48.6 Å². The van der Waals surface area contributed by atoms with Crippen LogP contribution >= 0.6 is 0 Å². The lowest BCUT2D eigenvalue weighted by molar-refractivity contribution is -0.134. The summed E-state index contributed by atoms with van der Waals surface area (Å²) in [5.74, 6) is -1.56. The van der Waals surface area contributed by atoms with Crippen LogP contribution in [-0.2, 0) is 26.5 Å². The Morgan fingerprint density at radius 1 is 1.03 bits per heavy atom. The molecule has 3 heterocycles. The molecular weight excluding hydrogens is 388 g/mol. The van der Waals surface area contributed by atoms with Gasteiger partial charge in [-0.3, -0.25) is 4.90 Å². The molecule has 2 aliphatic heterocycles. The van der Waals surface area contributed by atoms with E-state index in [0.29, 0.717) is 12.2 Å². The van der Waals surface area contributed by atoms with Gasteiger partial charge in [-0.05, 0) is 38.1 Å². The normalized spacial score (nSPS) is 17.3. The van der Waals surface area contributed by atoms with Gasteiger partial charge in [-0.25, -0.2) is 9.59 Å². The largest absolute Gasteiger partial charge is 0.479 e. The zero-order valence-electron chi connectivity index (χ0n) is 17.1. The molecule has 0 radical (unpaired) electrons. The number of rotatable bonds is 4. The molecule has 8 nitrogen and oxygen atoms in total. The van der Waals surface area contributed by atoms with E-state index in [1.807, 2.05) is 6.07 Å². The number of para-hydroxylation sites is 2. The predicted molar refractivity (Wildman–Crippen MR) is 110 cm³/mol. The summed E-state index contributed by atoms with van der Waals surface area (Å²) in [6, 6.07) is 12.7. The Balaban J connectivity index is 0.000000275. The molecule has 0 spiro atoms. The van der Waals surface area contributed by atoms with Crippen molar-refractivity contribution in [1.82, 2.24) is 9.47 Å². The number of aromatic nitrogens is 1. The van der Waals surface area contributed by atoms with E-state index in [2.05, 4.69) is 53.6 Å². The highest BCUT2D eigenvalue weighted by Crippen LogP contribution is 2.40. The number of morpholine rings is 1. The maximum Gasteiger partial charge on any atom is 0.328 e. The molecule has 2 aromatic rings. The van der Waals surface area contributed by atoms with Crippen molar-refractivity contribution in [2.24, 2.45) is 0 Å². The lowest BCUT2D eigenvalue weighted by Gasteiger charge is -2.35. The molecule has 160 valence electrons. The second-order valence-corrected chi connectivity index (χ2v) is 7.52. The van der Waals surface area contributed by atoms with Crippen LogP contribution < -0.4 is 4.74 Å². The minimum Gasteiger partial charge on any atom is -0.479 e. The van der Waals surface area contributed by atoms with Gasteiger partial charge in [0.25, 0.3) is 0 Å². The molecule has 0 amide bonds. The molecule has 0 unspecified atom stereocenters. The quantitative estimate of drug-likeness (QED) is 0.742. The Morgan fingerprint density at radius 2 is 1.67 bits per heavy atom. The van der Waals surface area contributed by atoms with Gasteiger partial charge in [-0.15, -0.1) is 0 Å². The number of ether oxygens (including phenoxy) is 2. The maximum atomic E-state index is 9.55. The fourth-order valence-corrected chi connectivity index (χ4v) is 3.54. The number of carboxylic acids is 2. The van der Waals surface area contributed by atoms with E-state index in [-0.39, 0.29) is 5.60 Å². The number of hydrogen-bond acceptors (Lipinski definition) is 5. The van der Waals surface area contributed by atoms with E-state index < -0.39 is 11.9 Å². The predicted octanol–water partition coefficient (Wildman–Crippen LogP) is 2.65. The standard InChI is InChI=1S/C18H22N2O2.C4H4O4/c1-18(2)17-8-7-14(13-19-9-11-21-12-10-19)20(17)15-5-3-4-6-16(15)22-18;5-3(6)1-2-4(7)8/h3-8H,9-13H2,1-2H3;1-2H,(H,5,6)(H,7,8). The van der Waals surface area contributed by atoms with E-state index in [4.69, 9.17) is 19.7 Å². The topological polar surface area (TPSA) is 101 Å². The number of nitrogens with zero attached hydrogens (tertiary/aromatic N) is 2. The Morgan fingerprint density at radius 3 is 2.30 bits per heavy atom. The van der Waals surface area contributed by atoms with Gasteiger partial charge in [0.15, 0.2) is 0 Å². The molecule has 0 saturated carbocycles. The monoisotopic (exact) mass is 414 g/mol. The van der Waals surface area contributed by atoms with Crippen LogP contribution in [-0.4, -0.2) is 57.9 Å². The van der Waals surface area contributed by atoms with Crippen molar-refractivity contribution in [3.63, 3.8) is 0 Å². The molecule has 2 aliphatic rings. The molecule has 0 atom stereocenters. The van der Waals surface area contributed by atoms with Crippen molar-refractivity contribution < 1.29 is 29.3 Å². The highest BCUT2D eigenvalue weighted by atomic mass is 16.5. The summed E-state index contributed by atoms with van der Waals surface area (Å²) in [4.78, 5) is 21.6. The fraction of sp³-hybridized carbons (Fsp3) is 0.364. The summed E-state index contributed by atoms with van der Waals surface area (Å²) in [5, 5.41) is 15.6. The van der Waals surface area contributed by atoms with Gasteiger partial charge in [0.2, 0.25) is 0 Å². The van der Waals surface area contributed by atoms with Crippen LogP contribution in [0.5, 0.6) is 5.75 Å². The summed E-state index contributed by atoms with van der Waals surface area (Å²) < 4.78 is 14.0. The SMILES string of the molecule is CC1(C)Oc2ccccc2-n2c(CN3CCOCC3)ccc21.O=C(O)C=CC(=O)O. The van der Waals surface area contributed by atoms with E-state index >= 15 is 0 Å². The molecule has 8 heteroatoms. The maximum absolute atomic E-state index is 9.55. The molecule has 0 aliphatic carbocycles. The summed E-state index contributed by atoms with van der Waals surface area (Å²) >= 11 is 0. The van der Waals surface area contributed by atoms with Gasteiger partial charge in [0, 0.05) is 37.5 Å². The second-order valence-electron chi connectivity index (χ2n) is 7.52. The third-order valence-corrected chi connectivity index (χ3v) is 4.91. The summed E-state index contributed by atoms with van der Waals surface area (Å²) in [6.07, 6.45) is 1.12. The Bertz CT molecular complexity index is 925. The van der Waals surface area contributed by atoms with E-state index in [1.165, 1.54) is 11.4 Å². The van der Waals surface area contributed by atoms with Crippen molar-refractivity contribution in [3.8, 4) is 11.4 Å². The molecule has 0 bridgehead atoms. The Hall–Kier alpha value is -3.10. The third kappa shape index (κ3) is 5.08. The van der Waals surface area contributed by atoms with Gasteiger partial charge in [0.1, 0.15) is 11.4 Å². The number of aliphatic carboxylic acids is 2. The third-order valence-electron chi connectivity index (χ3n) is 4.91. The van der Waals surface area contributed by atoms with Gasteiger partial charge in [0.05, 0.1) is 24.6 Å². The lowest BCUT2D eigenvalue weighted by atomic mass is 10.0. The number of carbonyl (C=O) groups is 2. The van der Waals surface area contributed by atoms with Crippen LogP contribution in [0.3, 0.4) is 0 Å². The van der Waals surface area contributed by atoms with Gasteiger partial charge >= 0.3 is 11.9 Å². The van der Waals surface area contributed by atoms with Crippen LogP contribution in [0.25, 0.3) is 5.69 Å². The fourth-order valence-electron chi connectivity index (χ4n) is 3.54. The van der Waals surface area contributed by atoms with Gasteiger partial charge in [-0.1, -0.05) is 12.1 Å². The van der Waals surface area contributed by atoms with Crippen LogP contribution in [0.2, 0.25) is 0 Å². The molecule has 1 aromatic heterocycles. The first-order valence-corrected chi connectivity index (χ1v) is 9.71. The van der Waals surface area contributed by atoms with Crippen LogP contribution in [0.1, 0.15) is 25.2 Å². The number of hydrogen-bond donors (Lipinski definition) is 2. The average Bonchev–Trinajstić information content (AvgIpc) is 3.12. The van der Waals surface area contributed by atoms with Gasteiger partial charge < -0.3 is 24.3 Å². The van der Waals surface area contributed by atoms with Crippen LogP contribution in [0.4, 0.5) is 0 Å². The molecule has 1 saturated heterocycles. The highest BCUT2D eigenvalue weighted by Gasteiger charge is 2.34. The smallest absolute Gasteiger partial charge is 0.328 e. The van der Waals surface area contributed by atoms with Crippen molar-refractivity contribution in [3.05, 3.63) is 59.9 Å². The molecule has 30 heavy (non-hydrogen) atoms. The first-order valence-electron chi connectivity index (χ1n) is 9.71. The van der Waals surface area contributed by atoms with E-state index in [9.17, 15) is 9.59 Å². The Kier molecular flexibility index (Phi) is 6.59. The van der Waals surface area contributed by atoms with E-state index in [1.54, 1.807) is 0 Å². The minimum absolute atomic E-state index is 0.308. The number of carboxylic acid groups (broad SMARTS) is 2.